The molecule has 0 aromatic carbocycles. The maximum absolute atomic E-state index is 11.0. The van der Waals surface area contributed by atoms with Crippen LogP contribution in [0.3, 0.4) is 0 Å². The average Bonchev–Trinajstić information content (AvgIpc) is 1.95. The first-order valence-corrected chi connectivity index (χ1v) is 9.07. The summed E-state index contributed by atoms with van der Waals surface area (Å²) in [6.45, 7) is 5.69. The first-order valence-electron chi connectivity index (χ1n) is 3.83. The van der Waals surface area contributed by atoms with Crippen LogP contribution in [0.2, 0.25) is 6.04 Å². The molecule has 0 aliphatic rings. The highest BCUT2D eigenvalue weighted by atomic mass is 35.8. The summed E-state index contributed by atoms with van der Waals surface area (Å²) in [5, 5.41) is 2.66. The Morgan fingerprint density at radius 3 is 2.38 bits per heavy atom. The molecule has 0 rings (SSSR count). The van der Waals surface area contributed by atoms with E-state index in [-0.39, 0.29) is 5.91 Å². The van der Waals surface area contributed by atoms with E-state index in [0.29, 0.717) is 24.6 Å². The highest BCUT2D eigenvalue weighted by molar-refractivity contribution is 7.64. The third-order valence-electron chi connectivity index (χ3n) is 1.31. The highest BCUT2D eigenvalue weighted by Gasteiger charge is 2.23. The van der Waals surface area contributed by atoms with Crippen molar-refractivity contribution in [1.29, 1.82) is 0 Å². The van der Waals surface area contributed by atoms with E-state index in [1.54, 1.807) is 6.92 Å². The minimum Gasteiger partial charge on any atom is -0.352 e. The van der Waals surface area contributed by atoms with Crippen LogP contribution < -0.4 is 5.32 Å². The van der Waals surface area contributed by atoms with Crippen molar-refractivity contribution < 1.29 is 4.79 Å². The Morgan fingerprint density at radius 2 is 2.00 bits per heavy atom. The zero-order valence-electron chi connectivity index (χ0n) is 7.37. The summed E-state index contributed by atoms with van der Waals surface area (Å²) in [6, 6.07) is -1.95. The molecule has 2 nitrogen and oxygen atoms in total. The normalized spacial score (nSPS) is 11.1. The predicted molar refractivity (Wildman–Crippen MR) is 60.6 cm³/mol. The Bertz CT molecular complexity index is 202. The molecule has 0 fully saturated rings. The van der Waals surface area contributed by atoms with Gasteiger partial charge in [0.05, 0.1) is 0 Å². The fraction of sp³-hybridized carbons (Fsp3) is 0.571. The van der Waals surface area contributed by atoms with E-state index in [1.807, 2.05) is 0 Å². The molecule has 1 amide bonds. The lowest BCUT2D eigenvalue weighted by atomic mass is 10.3. The quantitative estimate of drug-likeness (QED) is 0.350. The zero-order chi connectivity index (χ0) is 10.5. The van der Waals surface area contributed by atoms with E-state index in [4.69, 9.17) is 33.2 Å². The predicted octanol–water partition coefficient (Wildman–Crippen LogP) is 2.72. The summed E-state index contributed by atoms with van der Waals surface area (Å²) in [5.74, 6) is -0.147. The Balaban J connectivity index is 3.47. The lowest BCUT2D eigenvalue weighted by molar-refractivity contribution is -0.117. The second kappa shape index (κ2) is 5.91. The van der Waals surface area contributed by atoms with Gasteiger partial charge >= 0.3 is 6.00 Å². The van der Waals surface area contributed by atoms with Gasteiger partial charge in [0.25, 0.3) is 0 Å². The van der Waals surface area contributed by atoms with Gasteiger partial charge in [-0.1, -0.05) is 6.58 Å². The molecule has 0 saturated heterocycles. The number of amides is 1. The molecule has 0 spiro atoms. The van der Waals surface area contributed by atoms with E-state index in [9.17, 15) is 4.79 Å². The smallest absolute Gasteiger partial charge is 0.341 e. The number of nitrogens with one attached hydrogen (secondary N) is 1. The van der Waals surface area contributed by atoms with Crippen LogP contribution in [0.5, 0.6) is 0 Å². The fourth-order valence-corrected chi connectivity index (χ4v) is 2.42. The molecule has 76 valence electrons. The summed E-state index contributed by atoms with van der Waals surface area (Å²) < 4.78 is 0. The van der Waals surface area contributed by atoms with Gasteiger partial charge in [-0.25, -0.2) is 0 Å². The van der Waals surface area contributed by atoms with Crippen molar-refractivity contribution in [3.63, 3.8) is 0 Å². The van der Waals surface area contributed by atoms with E-state index >= 15 is 0 Å². The van der Waals surface area contributed by atoms with E-state index < -0.39 is 6.00 Å². The molecule has 0 aromatic heterocycles. The first-order chi connectivity index (χ1) is 5.83. The molecule has 0 radical (unpaired) electrons. The number of halogens is 3. The van der Waals surface area contributed by atoms with E-state index in [2.05, 4.69) is 11.9 Å². The van der Waals surface area contributed by atoms with Gasteiger partial charge in [-0.3, -0.25) is 4.79 Å². The highest BCUT2D eigenvalue weighted by Crippen LogP contribution is 2.25. The van der Waals surface area contributed by atoms with Crippen LogP contribution in [0.4, 0.5) is 0 Å². The van der Waals surface area contributed by atoms with Crippen LogP contribution in [-0.4, -0.2) is 18.5 Å². The van der Waals surface area contributed by atoms with Gasteiger partial charge in [0.2, 0.25) is 5.91 Å². The lowest BCUT2D eigenvalue weighted by Crippen LogP contribution is -2.25. The largest absolute Gasteiger partial charge is 0.352 e. The molecular formula is C7H12Cl3NOSi. The van der Waals surface area contributed by atoms with Crippen molar-refractivity contribution in [3.8, 4) is 0 Å². The van der Waals surface area contributed by atoms with Crippen LogP contribution in [-0.2, 0) is 4.79 Å². The van der Waals surface area contributed by atoms with E-state index in [0.717, 1.165) is 0 Å². The van der Waals surface area contributed by atoms with Crippen molar-refractivity contribution in [2.45, 2.75) is 19.4 Å². The molecule has 1 N–H and O–H groups in total. The Morgan fingerprint density at radius 1 is 1.46 bits per heavy atom. The van der Waals surface area contributed by atoms with Crippen LogP contribution in [0.15, 0.2) is 12.2 Å². The summed E-state index contributed by atoms with van der Waals surface area (Å²) in [5.41, 5.74) is 0.492. The zero-order valence-corrected chi connectivity index (χ0v) is 10.6. The number of hydrogen-bond acceptors (Lipinski definition) is 1. The van der Waals surface area contributed by atoms with Crippen LogP contribution in [0.1, 0.15) is 13.3 Å². The van der Waals surface area contributed by atoms with Gasteiger partial charge in [-0.15, -0.1) is 33.2 Å². The molecule has 13 heavy (non-hydrogen) atoms. The van der Waals surface area contributed by atoms with E-state index in [1.165, 1.54) is 0 Å². The van der Waals surface area contributed by atoms with Gasteiger partial charge in [0, 0.05) is 12.1 Å². The number of carbonyl (C=O) groups is 1. The second-order valence-corrected chi connectivity index (χ2v) is 12.0. The fourth-order valence-electron chi connectivity index (χ4n) is 0.642. The standard InChI is InChI=1S/C7H12Cl3NOSi/c1-6(2)7(12)11-4-3-5-13(8,9)10/h1,3-5H2,2H3,(H,11,12). The molecule has 0 atom stereocenters. The molecule has 0 bridgehead atoms. The molecule has 0 aliphatic carbocycles. The SMILES string of the molecule is C=C(C)C(=O)NCCC[Si](Cl)(Cl)Cl. The summed E-state index contributed by atoms with van der Waals surface area (Å²) in [7, 11) is 0. The average molecular weight is 261 g/mol. The van der Waals surface area contributed by atoms with Gasteiger partial charge in [-0.2, -0.15) is 0 Å². The van der Waals surface area contributed by atoms with Gasteiger partial charge in [-0.05, 0) is 19.4 Å². The number of carbonyl (C=O) groups excluding carboxylic acids is 1. The summed E-state index contributed by atoms with van der Waals surface area (Å²) in [4.78, 5) is 11.0. The molecule has 0 aromatic rings. The maximum atomic E-state index is 11.0. The van der Waals surface area contributed by atoms with Crippen molar-refractivity contribution >= 4 is 45.1 Å². The van der Waals surface area contributed by atoms with Crippen molar-refractivity contribution in [2.24, 2.45) is 0 Å². The molecule has 0 aliphatic heterocycles. The van der Waals surface area contributed by atoms with Gasteiger partial charge < -0.3 is 5.32 Å². The minimum absolute atomic E-state index is 0.147. The van der Waals surface area contributed by atoms with Crippen LogP contribution in [0, 0.1) is 0 Å². The first kappa shape index (κ1) is 13.3. The summed E-state index contributed by atoms with van der Waals surface area (Å²) >= 11 is 17.0. The Hall–Kier alpha value is 0.297. The number of rotatable bonds is 5. The molecule has 0 heterocycles. The molecular weight excluding hydrogens is 249 g/mol. The third-order valence-corrected chi connectivity index (χ3v) is 3.93. The van der Waals surface area contributed by atoms with Crippen molar-refractivity contribution in [1.82, 2.24) is 5.32 Å². The minimum atomic E-state index is -2.51. The molecule has 0 unspecified atom stereocenters. The van der Waals surface area contributed by atoms with Crippen LogP contribution in [0.25, 0.3) is 0 Å². The molecule has 6 heteroatoms. The Labute approximate surface area is 93.4 Å². The maximum Gasteiger partial charge on any atom is 0.341 e. The monoisotopic (exact) mass is 259 g/mol. The molecule has 0 saturated carbocycles. The van der Waals surface area contributed by atoms with Gasteiger partial charge in [0.15, 0.2) is 0 Å². The van der Waals surface area contributed by atoms with Crippen LogP contribution >= 0.6 is 33.2 Å². The third kappa shape index (κ3) is 8.62. The summed E-state index contributed by atoms with van der Waals surface area (Å²) in [6.07, 6.45) is 0.696. The Kier molecular flexibility index (Phi) is 6.04. The second-order valence-electron chi connectivity index (χ2n) is 2.75. The topological polar surface area (TPSA) is 29.1 Å². The van der Waals surface area contributed by atoms with Crippen molar-refractivity contribution in [3.05, 3.63) is 12.2 Å². The number of hydrogen-bond donors (Lipinski definition) is 1. The van der Waals surface area contributed by atoms with Gasteiger partial charge in [0.1, 0.15) is 0 Å². The lowest BCUT2D eigenvalue weighted by Gasteiger charge is -2.07. The van der Waals surface area contributed by atoms with Crippen molar-refractivity contribution in [2.75, 3.05) is 6.54 Å².